The maximum Gasteiger partial charge on any atom is 0.254 e. The fourth-order valence-corrected chi connectivity index (χ4v) is 4.14. The van der Waals surface area contributed by atoms with Crippen LogP contribution in [0.1, 0.15) is 10.4 Å². The van der Waals surface area contributed by atoms with Crippen LogP contribution in [-0.2, 0) is 0 Å². The number of nitrogens with zero attached hydrogens (tertiary/aromatic N) is 3. The van der Waals surface area contributed by atoms with Crippen molar-refractivity contribution in [2.45, 2.75) is 0 Å². The molecule has 4 aromatic rings. The number of amides is 1. The molecule has 1 N–H and O–H groups in total. The zero-order valence-corrected chi connectivity index (χ0v) is 17.1. The Balaban J connectivity index is 1.43. The molecule has 154 valence electrons. The van der Waals surface area contributed by atoms with Crippen LogP contribution in [-0.4, -0.2) is 47.1 Å². The van der Waals surface area contributed by atoms with E-state index in [1.165, 1.54) is 0 Å². The number of phenolic OH excluding ortho intramolecular Hbond substituents is 1. The summed E-state index contributed by atoms with van der Waals surface area (Å²) in [5, 5.41) is 10.6. The molecule has 5 nitrogen and oxygen atoms in total. The number of pyridine rings is 1. The summed E-state index contributed by atoms with van der Waals surface area (Å²) in [4.78, 5) is 22.4. The average molecular weight is 409 g/mol. The molecule has 0 aliphatic carbocycles. The van der Waals surface area contributed by atoms with E-state index in [-0.39, 0.29) is 11.7 Å². The Labute approximate surface area is 181 Å². The number of fused-ring (bicyclic) bond motifs is 1. The Hall–Kier alpha value is -3.86. The van der Waals surface area contributed by atoms with Gasteiger partial charge in [0.2, 0.25) is 0 Å². The van der Waals surface area contributed by atoms with Gasteiger partial charge in [-0.1, -0.05) is 54.6 Å². The second-order valence-corrected chi connectivity index (χ2v) is 7.74. The maximum atomic E-state index is 13.5. The van der Waals surface area contributed by atoms with Gasteiger partial charge in [0.25, 0.3) is 5.91 Å². The SMILES string of the molecule is O=C(c1cc(-c2ccccc2)nc2ccccc12)N1CCN(c2cccc(O)c2)CC1. The Kier molecular flexibility index (Phi) is 5.00. The molecule has 31 heavy (non-hydrogen) atoms. The number of aromatic nitrogens is 1. The zero-order chi connectivity index (χ0) is 21.2. The standard InChI is InChI=1S/C26H23N3O2/c30-21-10-6-9-20(17-21)28-13-15-29(16-14-28)26(31)23-18-25(19-7-2-1-3-8-19)27-24-12-5-4-11-22(23)24/h1-12,17-18,30H,13-16H2. The summed E-state index contributed by atoms with van der Waals surface area (Å²) in [5.74, 6) is 0.291. The topological polar surface area (TPSA) is 56.7 Å². The number of benzene rings is 3. The van der Waals surface area contributed by atoms with E-state index in [9.17, 15) is 9.90 Å². The fourth-order valence-electron chi connectivity index (χ4n) is 4.14. The Morgan fingerprint density at radius 1 is 0.806 bits per heavy atom. The molecule has 0 bridgehead atoms. The molecule has 0 saturated carbocycles. The molecular formula is C26H23N3O2. The highest BCUT2D eigenvalue weighted by molar-refractivity contribution is 6.07. The molecule has 0 spiro atoms. The Morgan fingerprint density at radius 3 is 2.32 bits per heavy atom. The molecular weight excluding hydrogens is 386 g/mol. The summed E-state index contributed by atoms with van der Waals surface area (Å²) in [6.07, 6.45) is 0. The first-order valence-corrected chi connectivity index (χ1v) is 10.5. The van der Waals surface area contributed by atoms with Gasteiger partial charge in [0.05, 0.1) is 16.8 Å². The molecule has 3 aromatic carbocycles. The third-order valence-electron chi connectivity index (χ3n) is 5.78. The molecule has 0 unspecified atom stereocenters. The first-order valence-electron chi connectivity index (χ1n) is 10.5. The summed E-state index contributed by atoms with van der Waals surface area (Å²) in [5.41, 5.74) is 4.30. The lowest BCUT2D eigenvalue weighted by molar-refractivity contribution is 0.0748. The van der Waals surface area contributed by atoms with Gasteiger partial charge in [-0.25, -0.2) is 4.98 Å². The van der Waals surface area contributed by atoms with Crippen LogP contribution in [0.2, 0.25) is 0 Å². The number of hydrogen-bond donors (Lipinski definition) is 1. The smallest absolute Gasteiger partial charge is 0.254 e. The van der Waals surface area contributed by atoms with Crippen molar-refractivity contribution < 1.29 is 9.90 Å². The van der Waals surface area contributed by atoms with Crippen molar-refractivity contribution >= 4 is 22.5 Å². The van der Waals surface area contributed by atoms with Gasteiger partial charge in [-0.15, -0.1) is 0 Å². The number of piperazine rings is 1. The minimum Gasteiger partial charge on any atom is -0.508 e. The lowest BCUT2D eigenvalue weighted by atomic mass is 10.0. The van der Waals surface area contributed by atoms with Gasteiger partial charge in [0, 0.05) is 48.9 Å². The van der Waals surface area contributed by atoms with Gasteiger partial charge in [0.1, 0.15) is 5.75 Å². The van der Waals surface area contributed by atoms with Crippen molar-refractivity contribution in [3.8, 4) is 17.0 Å². The molecule has 0 radical (unpaired) electrons. The molecule has 1 fully saturated rings. The van der Waals surface area contributed by atoms with Crippen LogP contribution in [0.4, 0.5) is 5.69 Å². The zero-order valence-electron chi connectivity index (χ0n) is 17.1. The first-order chi connectivity index (χ1) is 15.2. The van der Waals surface area contributed by atoms with Gasteiger partial charge in [-0.3, -0.25) is 4.79 Å². The first kappa shape index (κ1) is 19.1. The summed E-state index contributed by atoms with van der Waals surface area (Å²) < 4.78 is 0. The molecule has 1 aliphatic rings. The van der Waals surface area contributed by atoms with Crippen LogP contribution < -0.4 is 4.90 Å². The van der Waals surface area contributed by atoms with Crippen LogP contribution in [0.25, 0.3) is 22.2 Å². The molecule has 0 atom stereocenters. The Bertz CT molecular complexity index is 1230. The number of carbonyl (C=O) groups is 1. The molecule has 1 aromatic heterocycles. The number of carbonyl (C=O) groups excluding carboxylic acids is 1. The van der Waals surface area contributed by atoms with Gasteiger partial charge >= 0.3 is 0 Å². The summed E-state index contributed by atoms with van der Waals surface area (Å²) in [7, 11) is 0. The second kappa shape index (κ2) is 8.11. The number of anilines is 1. The summed E-state index contributed by atoms with van der Waals surface area (Å²) in [6, 6.07) is 27.0. The van der Waals surface area contributed by atoms with Crippen molar-refractivity contribution in [1.29, 1.82) is 0 Å². The molecule has 2 heterocycles. The van der Waals surface area contributed by atoms with Gasteiger partial charge in [-0.05, 0) is 24.3 Å². The van der Waals surface area contributed by atoms with E-state index in [4.69, 9.17) is 4.98 Å². The molecule has 1 amide bonds. The lowest BCUT2D eigenvalue weighted by Gasteiger charge is -2.36. The van der Waals surface area contributed by atoms with Crippen LogP contribution in [0, 0.1) is 0 Å². The van der Waals surface area contributed by atoms with Crippen LogP contribution in [0.15, 0.2) is 84.9 Å². The molecule has 5 heteroatoms. The third-order valence-corrected chi connectivity index (χ3v) is 5.78. The largest absolute Gasteiger partial charge is 0.508 e. The number of phenols is 1. The maximum absolute atomic E-state index is 13.5. The minimum atomic E-state index is 0.0336. The highest BCUT2D eigenvalue weighted by atomic mass is 16.3. The van der Waals surface area contributed by atoms with Crippen LogP contribution >= 0.6 is 0 Å². The van der Waals surface area contributed by atoms with E-state index in [0.29, 0.717) is 18.7 Å². The number of rotatable bonds is 3. The minimum absolute atomic E-state index is 0.0336. The highest BCUT2D eigenvalue weighted by Gasteiger charge is 2.24. The molecule has 1 aliphatic heterocycles. The van der Waals surface area contributed by atoms with E-state index in [0.717, 1.165) is 40.9 Å². The van der Waals surface area contributed by atoms with Crippen LogP contribution in [0.3, 0.4) is 0 Å². The molecule has 1 saturated heterocycles. The summed E-state index contributed by atoms with van der Waals surface area (Å²) in [6.45, 7) is 2.71. The van der Waals surface area contributed by atoms with Crippen molar-refractivity contribution in [3.05, 3.63) is 90.5 Å². The van der Waals surface area contributed by atoms with Crippen molar-refractivity contribution in [2.24, 2.45) is 0 Å². The van der Waals surface area contributed by atoms with E-state index in [1.54, 1.807) is 12.1 Å². The Morgan fingerprint density at radius 2 is 1.55 bits per heavy atom. The number of para-hydroxylation sites is 1. The lowest BCUT2D eigenvalue weighted by Crippen LogP contribution is -2.48. The van der Waals surface area contributed by atoms with E-state index in [1.807, 2.05) is 77.7 Å². The summed E-state index contributed by atoms with van der Waals surface area (Å²) >= 11 is 0. The number of aromatic hydroxyl groups is 1. The van der Waals surface area contributed by atoms with Crippen molar-refractivity contribution in [1.82, 2.24) is 9.88 Å². The predicted molar refractivity (Wildman–Crippen MR) is 123 cm³/mol. The van der Waals surface area contributed by atoms with Gasteiger partial charge in [-0.2, -0.15) is 0 Å². The van der Waals surface area contributed by atoms with Crippen molar-refractivity contribution in [2.75, 3.05) is 31.1 Å². The quantitative estimate of drug-likeness (QED) is 0.539. The van der Waals surface area contributed by atoms with E-state index >= 15 is 0 Å². The van der Waals surface area contributed by atoms with E-state index in [2.05, 4.69) is 4.90 Å². The highest BCUT2D eigenvalue weighted by Crippen LogP contribution is 2.27. The van der Waals surface area contributed by atoms with Crippen LogP contribution in [0.5, 0.6) is 5.75 Å². The second-order valence-electron chi connectivity index (χ2n) is 7.74. The van der Waals surface area contributed by atoms with Gasteiger partial charge in [0.15, 0.2) is 0 Å². The molecule has 5 rings (SSSR count). The van der Waals surface area contributed by atoms with Gasteiger partial charge < -0.3 is 14.9 Å². The number of hydrogen-bond acceptors (Lipinski definition) is 4. The average Bonchev–Trinajstić information content (AvgIpc) is 2.83. The predicted octanol–water partition coefficient (Wildman–Crippen LogP) is 4.57. The normalized spacial score (nSPS) is 14.1. The van der Waals surface area contributed by atoms with Crippen molar-refractivity contribution in [3.63, 3.8) is 0 Å². The third kappa shape index (κ3) is 3.82. The van der Waals surface area contributed by atoms with E-state index < -0.39 is 0 Å². The monoisotopic (exact) mass is 409 g/mol. The fraction of sp³-hybridized carbons (Fsp3) is 0.154.